The fourth-order valence-corrected chi connectivity index (χ4v) is 7.20. The second kappa shape index (κ2) is 51.0. The molecule has 0 aromatic rings. The molecule has 0 spiro atoms. The van der Waals surface area contributed by atoms with E-state index in [-0.39, 0.29) is 25.2 Å². The molecule has 0 N–H and O–H groups in total. The van der Waals surface area contributed by atoms with Gasteiger partial charge in [0.15, 0.2) is 6.10 Å². The average Bonchev–Trinajstić information content (AvgIpc) is 3.25. The van der Waals surface area contributed by atoms with Crippen molar-refractivity contribution < 1.29 is 23.8 Å². The third-order valence-electron chi connectivity index (χ3n) is 11.0. The van der Waals surface area contributed by atoms with E-state index in [2.05, 4.69) is 81.5 Å². The summed E-state index contributed by atoms with van der Waals surface area (Å²) in [5.74, 6) is -0.413. The Labute approximate surface area is 373 Å². The van der Waals surface area contributed by atoms with E-state index >= 15 is 0 Å². The molecule has 1 unspecified atom stereocenters. The minimum absolute atomic E-state index is 0.0772. The third-order valence-corrected chi connectivity index (χ3v) is 11.0. The molecule has 0 saturated carbocycles. The molecule has 0 fully saturated rings. The van der Waals surface area contributed by atoms with Gasteiger partial charge in [-0.3, -0.25) is 9.59 Å². The molecular formula is C55H98O5. The van der Waals surface area contributed by atoms with Crippen LogP contribution < -0.4 is 0 Å². The minimum atomic E-state index is -0.539. The Balaban J connectivity index is 4.09. The van der Waals surface area contributed by atoms with Gasteiger partial charge in [-0.25, -0.2) is 0 Å². The van der Waals surface area contributed by atoms with Gasteiger partial charge in [0.05, 0.1) is 6.61 Å². The summed E-state index contributed by atoms with van der Waals surface area (Å²) in [6.45, 7) is 7.68. The molecule has 0 saturated heterocycles. The van der Waals surface area contributed by atoms with E-state index in [9.17, 15) is 9.59 Å². The first kappa shape index (κ1) is 57.6. The Morgan fingerprint density at radius 1 is 0.383 bits per heavy atom. The molecule has 0 rings (SSSR count). The molecule has 0 heterocycles. The standard InChI is InChI=1S/C55H98O5/c1-4-7-10-13-16-18-20-22-24-26-28-30-32-34-36-38-40-42-45-48-54(56)59-52-53(51-58-50-47-44-15-12-9-6-3)60-55(57)49-46-43-41-39-37-35-33-31-29-27-25-23-21-19-17-14-11-8-5-2/h7,10,16,18,22-25,28,30,53H,4-6,8-9,11-15,17,19-21,26-27,29,31-52H2,1-3H3/b10-7-,18-16-,24-22-,25-23-,30-28-. The number of unbranched alkanes of at least 4 members (excludes halogenated alkanes) is 26. The van der Waals surface area contributed by atoms with Gasteiger partial charge in [-0.2, -0.15) is 0 Å². The zero-order chi connectivity index (χ0) is 43.5. The second-order valence-electron chi connectivity index (χ2n) is 17.0. The van der Waals surface area contributed by atoms with E-state index in [1.807, 2.05) is 0 Å². The average molecular weight is 839 g/mol. The lowest BCUT2D eigenvalue weighted by Crippen LogP contribution is -2.30. The third kappa shape index (κ3) is 48.3. The maximum Gasteiger partial charge on any atom is 0.306 e. The summed E-state index contributed by atoms with van der Waals surface area (Å²) in [5, 5.41) is 0. The quantitative estimate of drug-likeness (QED) is 0.0347. The summed E-state index contributed by atoms with van der Waals surface area (Å²) < 4.78 is 17.3. The number of rotatable bonds is 47. The van der Waals surface area contributed by atoms with E-state index in [1.165, 1.54) is 141 Å². The zero-order valence-corrected chi connectivity index (χ0v) is 40.0. The molecule has 0 aliphatic heterocycles. The molecule has 60 heavy (non-hydrogen) atoms. The summed E-state index contributed by atoms with van der Waals surface area (Å²) in [7, 11) is 0. The monoisotopic (exact) mass is 839 g/mol. The number of esters is 2. The van der Waals surface area contributed by atoms with Crippen LogP contribution in [-0.2, 0) is 23.8 Å². The van der Waals surface area contributed by atoms with Crippen molar-refractivity contribution in [2.75, 3.05) is 19.8 Å². The van der Waals surface area contributed by atoms with Crippen LogP contribution in [0.15, 0.2) is 60.8 Å². The number of ether oxygens (including phenoxy) is 3. The Morgan fingerprint density at radius 2 is 0.750 bits per heavy atom. The van der Waals surface area contributed by atoms with Gasteiger partial charge in [-0.05, 0) is 83.5 Å². The number of hydrogen-bond donors (Lipinski definition) is 0. The molecule has 0 radical (unpaired) electrons. The molecule has 348 valence electrons. The van der Waals surface area contributed by atoms with Crippen molar-refractivity contribution in [3.63, 3.8) is 0 Å². The fraction of sp³-hybridized carbons (Fsp3) is 0.782. The molecule has 0 aliphatic rings. The smallest absolute Gasteiger partial charge is 0.306 e. The topological polar surface area (TPSA) is 61.8 Å². The van der Waals surface area contributed by atoms with Crippen LogP contribution in [0.3, 0.4) is 0 Å². The number of hydrogen-bond acceptors (Lipinski definition) is 5. The van der Waals surface area contributed by atoms with Gasteiger partial charge in [0, 0.05) is 19.4 Å². The zero-order valence-electron chi connectivity index (χ0n) is 40.0. The summed E-state index contributed by atoms with van der Waals surface area (Å²) in [4.78, 5) is 25.3. The molecule has 0 aliphatic carbocycles. The van der Waals surface area contributed by atoms with Crippen LogP contribution in [0.2, 0.25) is 0 Å². The van der Waals surface area contributed by atoms with Gasteiger partial charge in [-0.15, -0.1) is 0 Å². The van der Waals surface area contributed by atoms with Crippen molar-refractivity contribution in [3.8, 4) is 0 Å². The van der Waals surface area contributed by atoms with Crippen molar-refractivity contribution in [2.45, 2.75) is 258 Å². The molecule has 1 atom stereocenters. The lowest BCUT2D eigenvalue weighted by atomic mass is 10.1. The van der Waals surface area contributed by atoms with E-state index in [1.54, 1.807) is 0 Å². The molecule has 5 heteroatoms. The highest BCUT2D eigenvalue weighted by Gasteiger charge is 2.17. The van der Waals surface area contributed by atoms with Crippen LogP contribution in [0.25, 0.3) is 0 Å². The minimum Gasteiger partial charge on any atom is -0.462 e. The van der Waals surface area contributed by atoms with Crippen molar-refractivity contribution >= 4 is 11.9 Å². The molecule has 0 amide bonds. The molecule has 5 nitrogen and oxygen atoms in total. The Morgan fingerprint density at radius 3 is 1.22 bits per heavy atom. The largest absolute Gasteiger partial charge is 0.462 e. The lowest BCUT2D eigenvalue weighted by Gasteiger charge is -2.18. The van der Waals surface area contributed by atoms with E-state index in [0.29, 0.717) is 19.4 Å². The van der Waals surface area contributed by atoms with Crippen LogP contribution in [0.4, 0.5) is 0 Å². The SMILES string of the molecule is CC/C=C\C/C=C\C/C=C\C/C=C\CCCCCCCCC(=O)OCC(COCCCCCCCC)OC(=O)CCCCCCCCCCC/C=C\CCCCCCCC. The van der Waals surface area contributed by atoms with E-state index < -0.39 is 6.10 Å². The first-order valence-corrected chi connectivity index (χ1v) is 25.8. The van der Waals surface area contributed by atoms with Crippen LogP contribution >= 0.6 is 0 Å². The summed E-state index contributed by atoms with van der Waals surface area (Å²) in [5.41, 5.74) is 0. The van der Waals surface area contributed by atoms with Gasteiger partial charge in [0.2, 0.25) is 0 Å². The Kier molecular flexibility index (Phi) is 48.9. The highest BCUT2D eigenvalue weighted by Crippen LogP contribution is 2.14. The Hall–Kier alpha value is -2.40. The highest BCUT2D eigenvalue weighted by atomic mass is 16.6. The first-order chi connectivity index (χ1) is 29.6. The van der Waals surface area contributed by atoms with Crippen LogP contribution in [-0.4, -0.2) is 37.9 Å². The van der Waals surface area contributed by atoms with Gasteiger partial charge < -0.3 is 14.2 Å². The first-order valence-electron chi connectivity index (χ1n) is 25.8. The van der Waals surface area contributed by atoms with Gasteiger partial charge in [0.1, 0.15) is 6.61 Å². The molecular weight excluding hydrogens is 741 g/mol. The summed E-state index contributed by atoms with van der Waals surface area (Å²) in [6.07, 6.45) is 63.8. The van der Waals surface area contributed by atoms with E-state index in [4.69, 9.17) is 14.2 Å². The van der Waals surface area contributed by atoms with Gasteiger partial charge >= 0.3 is 11.9 Å². The Bertz CT molecular complexity index is 1040. The second-order valence-corrected chi connectivity index (χ2v) is 17.0. The van der Waals surface area contributed by atoms with Crippen molar-refractivity contribution in [2.24, 2.45) is 0 Å². The van der Waals surface area contributed by atoms with Crippen molar-refractivity contribution in [1.82, 2.24) is 0 Å². The van der Waals surface area contributed by atoms with Crippen LogP contribution in [0.5, 0.6) is 0 Å². The van der Waals surface area contributed by atoms with Crippen molar-refractivity contribution in [3.05, 3.63) is 60.8 Å². The predicted molar refractivity (Wildman–Crippen MR) is 261 cm³/mol. The summed E-state index contributed by atoms with van der Waals surface area (Å²) in [6, 6.07) is 0. The highest BCUT2D eigenvalue weighted by molar-refractivity contribution is 5.70. The maximum atomic E-state index is 12.7. The maximum absolute atomic E-state index is 12.7. The summed E-state index contributed by atoms with van der Waals surface area (Å²) >= 11 is 0. The normalized spacial score (nSPS) is 12.7. The lowest BCUT2D eigenvalue weighted by molar-refractivity contribution is -0.163. The molecule has 0 aromatic heterocycles. The van der Waals surface area contributed by atoms with Gasteiger partial charge in [0.25, 0.3) is 0 Å². The fourth-order valence-electron chi connectivity index (χ4n) is 7.20. The number of allylic oxidation sites excluding steroid dienone is 10. The van der Waals surface area contributed by atoms with Crippen LogP contribution in [0, 0.1) is 0 Å². The number of carbonyl (C=O) groups is 2. The van der Waals surface area contributed by atoms with Gasteiger partial charge in [-0.1, -0.05) is 216 Å². The predicted octanol–water partition coefficient (Wildman–Crippen LogP) is 17.3. The molecule has 0 aromatic carbocycles. The van der Waals surface area contributed by atoms with Crippen LogP contribution in [0.1, 0.15) is 252 Å². The molecule has 0 bridgehead atoms. The van der Waals surface area contributed by atoms with Crippen molar-refractivity contribution in [1.29, 1.82) is 0 Å². The number of carbonyl (C=O) groups excluding carboxylic acids is 2. The van der Waals surface area contributed by atoms with E-state index in [0.717, 1.165) is 77.0 Å².